The van der Waals surface area contributed by atoms with Crippen molar-refractivity contribution in [3.63, 3.8) is 0 Å². The molecule has 0 saturated carbocycles. The van der Waals surface area contributed by atoms with E-state index in [-0.39, 0.29) is 0 Å². The molecule has 164 valence electrons. The van der Waals surface area contributed by atoms with Crippen molar-refractivity contribution in [3.05, 3.63) is 65.2 Å². The molecule has 1 N–H and O–H groups in total. The normalized spacial score (nSPS) is 16.0. The van der Waals surface area contributed by atoms with E-state index >= 15 is 0 Å². The Labute approximate surface area is 184 Å². The van der Waals surface area contributed by atoms with Gasteiger partial charge < -0.3 is 10.0 Å². The first kappa shape index (κ1) is 22.9. The first-order chi connectivity index (χ1) is 14.8. The Morgan fingerprint density at radius 2 is 1.57 bits per heavy atom. The predicted molar refractivity (Wildman–Crippen MR) is 128 cm³/mol. The van der Waals surface area contributed by atoms with Gasteiger partial charge in [-0.2, -0.15) is 0 Å². The fraction of sp³-hybridized carbons (Fsp3) is 0.571. The molecule has 0 heterocycles. The Morgan fingerprint density at radius 1 is 0.833 bits per heavy atom. The maximum atomic E-state index is 10.1. The van der Waals surface area contributed by atoms with Crippen molar-refractivity contribution in [3.8, 4) is 5.75 Å². The van der Waals surface area contributed by atoms with E-state index in [1.165, 1.54) is 94.0 Å². The highest BCUT2D eigenvalue weighted by Crippen LogP contribution is 2.30. The SMILES string of the molecule is CCCN(CCCCCCCCCc1ccccc1)[C@H]1CCc2c(O)cccc2C1. The van der Waals surface area contributed by atoms with Crippen molar-refractivity contribution < 1.29 is 5.11 Å². The molecular formula is C28H41NO. The number of unbranched alkanes of at least 4 members (excludes halogenated alkanes) is 6. The van der Waals surface area contributed by atoms with Crippen LogP contribution >= 0.6 is 0 Å². The van der Waals surface area contributed by atoms with Gasteiger partial charge in [-0.1, -0.05) is 81.5 Å². The predicted octanol–water partition coefficient (Wildman–Crippen LogP) is 6.93. The van der Waals surface area contributed by atoms with Crippen LogP contribution in [0, 0.1) is 0 Å². The summed E-state index contributed by atoms with van der Waals surface area (Å²) in [5.41, 5.74) is 4.04. The average molecular weight is 408 g/mol. The van der Waals surface area contributed by atoms with Crippen LogP contribution < -0.4 is 0 Å². The van der Waals surface area contributed by atoms with Gasteiger partial charge in [0.05, 0.1) is 0 Å². The lowest BCUT2D eigenvalue weighted by Gasteiger charge is -2.35. The summed E-state index contributed by atoms with van der Waals surface area (Å²) >= 11 is 0. The molecular weight excluding hydrogens is 366 g/mol. The highest BCUT2D eigenvalue weighted by atomic mass is 16.3. The van der Waals surface area contributed by atoms with Crippen molar-refractivity contribution in [2.75, 3.05) is 13.1 Å². The van der Waals surface area contributed by atoms with E-state index in [4.69, 9.17) is 0 Å². The van der Waals surface area contributed by atoms with E-state index in [0.29, 0.717) is 11.8 Å². The summed E-state index contributed by atoms with van der Waals surface area (Å²) in [6.45, 7) is 4.74. The second kappa shape index (κ2) is 12.8. The first-order valence-electron chi connectivity index (χ1n) is 12.4. The molecule has 0 radical (unpaired) electrons. The molecule has 2 heteroatoms. The number of nitrogens with zero attached hydrogens (tertiary/aromatic N) is 1. The molecule has 0 aromatic heterocycles. The first-order valence-corrected chi connectivity index (χ1v) is 12.4. The Kier molecular flexibility index (Phi) is 9.76. The zero-order valence-corrected chi connectivity index (χ0v) is 19.0. The molecule has 0 aliphatic heterocycles. The van der Waals surface area contributed by atoms with Crippen molar-refractivity contribution >= 4 is 0 Å². The molecule has 3 rings (SSSR count). The number of aryl methyl sites for hydroxylation is 1. The van der Waals surface area contributed by atoms with E-state index in [9.17, 15) is 5.11 Å². The molecule has 1 atom stereocenters. The van der Waals surface area contributed by atoms with Crippen LogP contribution in [-0.2, 0) is 19.3 Å². The Balaban J connectivity index is 1.29. The number of aromatic hydroxyl groups is 1. The number of rotatable bonds is 13. The van der Waals surface area contributed by atoms with Crippen LogP contribution in [0.15, 0.2) is 48.5 Å². The van der Waals surface area contributed by atoms with Gasteiger partial charge in [0.15, 0.2) is 0 Å². The Hall–Kier alpha value is -1.80. The molecule has 2 aromatic carbocycles. The lowest BCUT2D eigenvalue weighted by Crippen LogP contribution is -2.40. The molecule has 2 aromatic rings. The standard InChI is InChI=1S/C28H41NO/c1-2-21-29(26-19-20-27-25(23-26)17-13-18-28(27)30)22-12-7-5-3-4-6-9-14-24-15-10-8-11-16-24/h8,10-11,13,15-18,26,30H,2-7,9,12,14,19-23H2,1H3/t26-/m0/s1. The number of hydrogen-bond acceptors (Lipinski definition) is 2. The minimum Gasteiger partial charge on any atom is -0.508 e. The summed E-state index contributed by atoms with van der Waals surface area (Å²) in [5, 5.41) is 10.1. The topological polar surface area (TPSA) is 23.5 Å². The summed E-state index contributed by atoms with van der Waals surface area (Å²) in [6.07, 6.45) is 15.3. The molecule has 0 bridgehead atoms. The summed E-state index contributed by atoms with van der Waals surface area (Å²) in [5.74, 6) is 0.497. The quantitative estimate of drug-likeness (QED) is 0.364. The van der Waals surface area contributed by atoms with Gasteiger partial charge in [0.1, 0.15) is 5.75 Å². The average Bonchev–Trinajstić information content (AvgIpc) is 2.78. The summed E-state index contributed by atoms with van der Waals surface area (Å²) in [4.78, 5) is 2.73. The lowest BCUT2D eigenvalue weighted by atomic mass is 9.86. The minimum absolute atomic E-state index is 0.497. The smallest absolute Gasteiger partial charge is 0.119 e. The molecule has 1 aliphatic rings. The fourth-order valence-electron chi connectivity index (χ4n) is 5.02. The Morgan fingerprint density at radius 3 is 2.33 bits per heavy atom. The van der Waals surface area contributed by atoms with Crippen LogP contribution in [0.1, 0.15) is 81.4 Å². The highest BCUT2D eigenvalue weighted by Gasteiger charge is 2.24. The van der Waals surface area contributed by atoms with E-state index in [1.54, 1.807) is 0 Å². The van der Waals surface area contributed by atoms with Gasteiger partial charge in [0, 0.05) is 6.04 Å². The van der Waals surface area contributed by atoms with Crippen LogP contribution in [0.4, 0.5) is 0 Å². The lowest BCUT2D eigenvalue weighted by molar-refractivity contribution is 0.175. The van der Waals surface area contributed by atoms with Gasteiger partial charge in [0.2, 0.25) is 0 Å². The van der Waals surface area contributed by atoms with E-state index in [2.05, 4.69) is 48.2 Å². The van der Waals surface area contributed by atoms with Gasteiger partial charge in [-0.25, -0.2) is 0 Å². The zero-order valence-electron chi connectivity index (χ0n) is 19.0. The molecule has 1 aliphatic carbocycles. The maximum absolute atomic E-state index is 10.1. The second-order valence-corrected chi connectivity index (χ2v) is 9.06. The van der Waals surface area contributed by atoms with Gasteiger partial charge in [-0.05, 0) is 80.8 Å². The van der Waals surface area contributed by atoms with Gasteiger partial charge in [-0.15, -0.1) is 0 Å². The van der Waals surface area contributed by atoms with Crippen LogP contribution in [0.25, 0.3) is 0 Å². The van der Waals surface area contributed by atoms with E-state index in [0.717, 1.165) is 12.8 Å². The second-order valence-electron chi connectivity index (χ2n) is 9.06. The third kappa shape index (κ3) is 7.16. The molecule has 0 unspecified atom stereocenters. The third-order valence-electron chi connectivity index (χ3n) is 6.71. The highest BCUT2D eigenvalue weighted by molar-refractivity contribution is 5.41. The fourth-order valence-corrected chi connectivity index (χ4v) is 5.02. The zero-order chi connectivity index (χ0) is 21.0. The van der Waals surface area contributed by atoms with Crippen LogP contribution in [-0.4, -0.2) is 29.1 Å². The molecule has 30 heavy (non-hydrogen) atoms. The monoisotopic (exact) mass is 407 g/mol. The van der Waals surface area contributed by atoms with Crippen molar-refractivity contribution in [2.24, 2.45) is 0 Å². The number of phenolic OH excluding ortho intramolecular Hbond substituents is 1. The molecule has 0 saturated heterocycles. The summed E-state index contributed by atoms with van der Waals surface area (Å²) in [7, 11) is 0. The van der Waals surface area contributed by atoms with E-state index in [1.807, 2.05) is 12.1 Å². The van der Waals surface area contributed by atoms with E-state index < -0.39 is 0 Å². The minimum atomic E-state index is 0.497. The van der Waals surface area contributed by atoms with Gasteiger partial charge in [0.25, 0.3) is 0 Å². The summed E-state index contributed by atoms with van der Waals surface area (Å²) < 4.78 is 0. The number of benzene rings is 2. The number of fused-ring (bicyclic) bond motifs is 1. The molecule has 0 fully saturated rings. The number of hydrogen-bond donors (Lipinski definition) is 1. The largest absolute Gasteiger partial charge is 0.508 e. The molecule has 2 nitrogen and oxygen atoms in total. The van der Waals surface area contributed by atoms with Crippen molar-refractivity contribution in [2.45, 2.75) is 90.0 Å². The molecule has 0 amide bonds. The number of phenols is 1. The van der Waals surface area contributed by atoms with Crippen molar-refractivity contribution in [1.82, 2.24) is 4.90 Å². The summed E-state index contributed by atoms with van der Waals surface area (Å²) in [6, 6.07) is 17.6. The van der Waals surface area contributed by atoms with Gasteiger partial charge >= 0.3 is 0 Å². The van der Waals surface area contributed by atoms with Crippen LogP contribution in [0.3, 0.4) is 0 Å². The Bertz CT molecular complexity index is 727. The molecule has 0 spiro atoms. The van der Waals surface area contributed by atoms with Crippen LogP contribution in [0.2, 0.25) is 0 Å². The van der Waals surface area contributed by atoms with Crippen molar-refractivity contribution in [1.29, 1.82) is 0 Å². The van der Waals surface area contributed by atoms with Gasteiger partial charge in [-0.3, -0.25) is 0 Å². The third-order valence-corrected chi connectivity index (χ3v) is 6.71. The van der Waals surface area contributed by atoms with Crippen LogP contribution in [0.5, 0.6) is 5.75 Å². The maximum Gasteiger partial charge on any atom is 0.119 e.